The maximum atomic E-state index is 12.1. The second-order valence-corrected chi connectivity index (χ2v) is 12.1. The van der Waals surface area contributed by atoms with Gasteiger partial charge in [-0.05, 0) is 41.2 Å². The van der Waals surface area contributed by atoms with Crippen molar-refractivity contribution in [1.82, 2.24) is 43.9 Å². The molecule has 232 valence electrons. The van der Waals surface area contributed by atoms with Gasteiger partial charge in [-0.15, -0.1) is 0 Å². The number of aryl methyl sites for hydroxylation is 3. The Morgan fingerprint density at radius 2 is 1.69 bits per heavy atom. The van der Waals surface area contributed by atoms with Crippen molar-refractivity contribution in [3.8, 4) is 33.6 Å². The monoisotopic (exact) mass is 605 g/mol. The molecule has 4 aromatic heterocycles. The number of nitrogens with zero attached hydrogens (tertiary/aromatic N) is 9. The van der Waals surface area contributed by atoms with Crippen LogP contribution in [0, 0.1) is 0 Å². The van der Waals surface area contributed by atoms with Gasteiger partial charge in [-0.1, -0.05) is 24.3 Å². The minimum Gasteiger partial charge on any atom is -0.379 e. The van der Waals surface area contributed by atoms with Crippen LogP contribution in [0.4, 0.5) is 0 Å². The molecule has 45 heavy (non-hydrogen) atoms. The lowest BCUT2D eigenvalue weighted by molar-refractivity contribution is -0.129. The molecule has 0 saturated carbocycles. The van der Waals surface area contributed by atoms with Gasteiger partial charge in [-0.2, -0.15) is 10.2 Å². The molecule has 0 bridgehead atoms. The number of carbonyl (C=O) groups is 1. The van der Waals surface area contributed by atoms with Crippen LogP contribution in [0.5, 0.6) is 0 Å². The lowest BCUT2D eigenvalue weighted by atomic mass is 9.89. The summed E-state index contributed by atoms with van der Waals surface area (Å²) in [6, 6.07) is 10.7. The van der Waals surface area contributed by atoms with E-state index in [2.05, 4.69) is 63.4 Å². The average Bonchev–Trinajstić information content (AvgIpc) is 3.79. The van der Waals surface area contributed by atoms with Crippen LogP contribution in [0.15, 0.2) is 61.3 Å². The second-order valence-electron chi connectivity index (χ2n) is 12.1. The molecule has 11 heteroatoms. The minimum atomic E-state index is 0.00130. The normalized spacial score (nSPS) is 14.7. The van der Waals surface area contributed by atoms with Gasteiger partial charge in [0, 0.05) is 76.7 Å². The summed E-state index contributed by atoms with van der Waals surface area (Å²) in [4.78, 5) is 25.9. The van der Waals surface area contributed by atoms with Gasteiger partial charge in [0.15, 0.2) is 0 Å². The smallest absolute Gasteiger partial charge is 0.243 e. The fraction of sp³-hybridized carbons (Fsp3) is 0.382. The van der Waals surface area contributed by atoms with E-state index in [9.17, 15) is 4.79 Å². The van der Waals surface area contributed by atoms with Crippen molar-refractivity contribution < 1.29 is 9.53 Å². The summed E-state index contributed by atoms with van der Waals surface area (Å²) >= 11 is 0. The summed E-state index contributed by atoms with van der Waals surface area (Å²) in [5.41, 5.74) is 10.1. The molecule has 7 rings (SSSR count). The first-order chi connectivity index (χ1) is 21.9. The molecule has 5 aromatic rings. The molecule has 11 nitrogen and oxygen atoms in total. The highest BCUT2D eigenvalue weighted by atomic mass is 16.5. The van der Waals surface area contributed by atoms with E-state index in [-0.39, 0.29) is 12.5 Å². The number of amides is 1. The fourth-order valence-electron chi connectivity index (χ4n) is 6.24. The van der Waals surface area contributed by atoms with Crippen molar-refractivity contribution in [3.05, 3.63) is 84.0 Å². The summed E-state index contributed by atoms with van der Waals surface area (Å²) in [6.07, 6.45) is 12.5. The molecular formula is C34H39N9O2. The van der Waals surface area contributed by atoms with E-state index in [1.54, 1.807) is 23.7 Å². The molecule has 0 unspecified atom stereocenters. The van der Waals surface area contributed by atoms with E-state index < -0.39 is 0 Å². The van der Waals surface area contributed by atoms with Gasteiger partial charge in [-0.25, -0.2) is 9.97 Å². The topological polar surface area (TPSA) is 99.1 Å². The van der Waals surface area contributed by atoms with Crippen LogP contribution in [-0.4, -0.2) is 96.7 Å². The van der Waals surface area contributed by atoms with Gasteiger partial charge in [0.2, 0.25) is 5.91 Å². The molecule has 0 N–H and O–H groups in total. The number of hydrogen-bond donors (Lipinski definition) is 0. The number of rotatable bonds is 9. The number of fused-ring (bicyclic) bond motifs is 3. The molecule has 0 radical (unpaired) electrons. The number of likely N-dealkylation sites (N-methyl/N-ethyl adjacent to an activating group) is 1. The predicted molar refractivity (Wildman–Crippen MR) is 171 cm³/mol. The summed E-state index contributed by atoms with van der Waals surface area (Å²) in [5, 5.41) is 9.22. The Kier molecular flexibility index (Phi) is 8.03. The maximum Gasteiger partial charge on any atom is 0.243 e. The zero-order valence-corrected chi connectivity index (χ0v) is 26.2. The van der Waals surface area contributed by atoms with Crippen LogP contribution in [0.3, 0.4) is 0 Å². The van der Waals surface area contributed by atoms with Gasteiger partial charge in [-0.3, -0.25) is 19.1 Å². The molecule has 1 aliphatic heterocycles. The van der Waals surface area contributed by atoms with Crippen molar-refractivity contribution in [2.45, 2.75) is 32.4 Å². The number of morpholine rings is 1. The number of hydrogen-bond acceptors (Lipinski definition) is 7. The Morgan fingerprint density at radius 3 is 2.49 bits per heavy atom. The molecule has 0 spiro atoms. The lowest BCUT2D eigenvalue weighted by Crippen LogP contribution is -2.38. The van der Waals surface area contributed by atoms with Gasteiger partial charge >= 0.3 is 0 Å². The SMILES string of the molecule is CN(C)C(=O)Cn1ccc(Cc2ncc3c(n2)-c2c(cn(C)c2-c2ccc(-c4cnn(CCN5CCOCC5)c4)cc2)CC3)n1. The maximum absolute atomic E-state index is 12.1. The Morgan fingerprint density at radius 1 is 0.911 bits per heavy atom. The second kappa shape index (κ2) is 12.4. The Hall–Kier alpha value is -4.61. The zero-order valence-electron chi connectivity index (χ0n) is 26.2. The molecule has 2 aliphatic rings. The highest BCUT2D eigenvalue weighted by Gasteiger charge is 2.26. The van der Waals surface area contributed by atoms with Crippen LogP contribution < -0.4 is 0 Å². The zero-order chi connectivity index (χ0) is 30.9. The van der Waals surface area contributed by atoms with Crippen molar-refractivity contribution in [1.29, 1.82) is 0 Å². The number of ether oxygens (including phenoxy) is 1. The van der Waals surface area contributed by atoms with Crippen molar-refractivity contribution >= 4 is 5.91 Å². The minimum absolute atomic E-state index is 0.00130. The molecule has 5 heterocycles. The summed E-state index contributed by atoms with van der Waals surface area (Å²) in [6.45, 7) is 5.67. The van der Waals surface area contributed by atoms with Crippen molar-refractivity contribution in [2.24, 2.45) is 7.05 Å². The summed E-state index contributed by atoms with van der Waals surface area (Å²) < 4.78 is 11.4. The third-order valence-electron chi connectivity index (χ3n) is 8.78. The highest BCUT2D eigenvalue weighted by Crippen LogP contribution is 2.41. The molecule has 1 amide bonds. The van der Waals surface area contributed by atoms with E-state index in [4.69, 9.17) is 14.7 Å². The van der Waals surface area contributed by atoms with Crippen LogP contribution >= 0.6 is 0 Å². The molecule has 1 aliphatic carbocycles. The van der Waals surface area contributed by atoms with Crippen LogP contribution in [-0.2, 0) is 48.9 Å². The predicted octanol–water partition coefficient (Wildman–Crippen LogP) is 3.32. The first-order valence-corrected chi connectivity index (χ1v) is 15.6. The third kappa shape index (κ3) is 6.18. The largest absolute Gasteiger partial charge is 0.379 e. The van der Waals surface area contributed by atoms with Crippen LogP contribution in [0.2, 0.25) is 0 Å². The molecular weight excluding hydrogens is 566 g/mol. The summed E-state index contributed by atoms with van der Waals surface area (Å²) in [7, 11) is 5.61. The van der Waals surface area contributed by atoms with Crippen molar-refractivity contribution in [3.63, 3.8) is 0 Å². The average molecular weight is 606 g/mol. The van der Waals surface area contributed by atoms with Crippen LogP contribution in [0.25, 0.3) is 33.6 Å². The third-order valence-corrected chi connectivity index (χ3v) is 8.78. The van der Waals surface area contributed by atoms with E-state index >= 15 is 0 Å². The highest BCUT2D eigenvalue weighted by molar-refractivity contribution is 5.86. The van der Waals surface area contributed by atoms with Gasteiger partial charge < -0.3 is 14.2 Å². The standard InChI is InChI=1S/C34H39N9O2/c1-39(2)31(44)23-43-11-10-29(38-43)18-30-35-19-26-8-9-27-21-40(3)34(32(27)33(26)37-30)25-6-4-24(5-7-25)28-20-36-42(22-28)13-12-41-14-16-45-17-15-41/h4-7,10-11,19-22H,8-9,12-18,23H2,1-3H3. The number of carbonyl (C=O) groups excluding carboxylic acids is 1. The summed E-state index contributed by atoms with van der Waals surface area (Å²) in [5.74, 6) is 0.725. The molecule has 1 fully saturated rings. The van der Waals surface area contributed by atoms with Gasteiger partial charge in [0.25, 0.3) is 0 Å². The van der Waals surface area contributed by atoms with Crippen LogP contribution in [0.1, 0.15) is 22.6 Å². The van der Waals surface area contributed by atoms with E-state index in [0.29, 0.717) is 6.42 Å². The van der Waals surface area contributed by atoms with E-state index in [0.717, 1.165) is 91.8 Å². The number of aromatic nitrogens is 7. The Balaban J connectivity index is 1.10. The van der Waals surface area contributed by atoms with E-state index in [1.807, 2.05) is 29.3 Å². The molecule has 0 atom stereocenters. The lowest BCUT2D eigenvalue weighted by Gasteiger charge is -2.26. The molecule has 1 saturated heterocycles. The molecule has 1 aromatic carbocycles. The Bertz CT molecular complexity index is 1810. The first kappa shape index (κ1) is 29.1. The van der Waals surface area contributed by atoms with Gasteiger partial charge in [0.1, 0.15) is 12.4 Å². The fourth-order valence-corrected chi connectivity index (χ4v) is 6.24. The Labute approximate surface area is 263 Å². The van der Waals surface area contributed by atoms with E-state index in [1.165, 1.54) is 16.7 Å². The van der Waals surface area contributed by atoms with Gasteiger partial charge in [0.05, 0.1) is 49.5 Å². The van der Waals surface area contributed by atoms with Crippen molar-refractivity contribution in [2.75, 3.05) is 46.9 Å². The first-order valence-electron chi connectivity index (χ1n) is 15.6. The quantitative estimate of drug-likeness (QED) is 0.254. The number of benzene rings is 1.